The molecule has 2 aromatic rings. The molecule has 1 heterocycles. The van der Waals surface area contributed by atoms with Gasteiger partial charge in [-0.25, -0.2) is 4.68 Å². The Morgan fingerprint density at radius 3 is 2.75 bits per heavy atom. The van der Waals surface area contributed by atoms with Gasteiger partial charge >= 0.3 is 0 Å². The predicted octanol–water partition coefficient (Wildman–Crippen LogP) is 1.68. The van der Waals surface area contributed by atoms with Crippen LogP contribution in [0.1, 0.15) is 29.4 Å². The van der Waals surface area contributed by atoms with Gasteiger partial charge in [0, 0.05) is 18.8 Å². The topological polar surface area (TPSA) is 67.2 Å². The van der Waals surface area contributed by atoms with E-state index in [1.165, 1.54) is 0 Å². The van der Waals surface area contributed by atoms with Crippen LogP contribution in [0.4, 0.5) is 0 Å². The zero-order valence-corrected chi connectivity index (χ0v) is 11.7. The molecule has 0 saturated carbocycles. The standard InChI is InChI=1S/C15H19N3O2/c1-11(8-9-19)16-15(20)14-10-18(17-12(14)2)13-6-4-3-5-7-13/h3-7,10-11,19H,8-9H2,1-2H3,(H,16,20). The summed E-state index contributed by atoms with van der Waals surface area (Å²) in [5, 5.41) is 16.1. The lowest BCUT2D eigenvalue weighted by atomic mass is 10.2. The molecule has 1 amide bonds. The van der Waals surface area contributed by atoms with Gasteiger partial charge in [-0.3, -0.25) is 4.79 Å². The number of carbonyl (C=O) groups excluding carboxylic acids is 1. The maximum atomic E-state index is 12.1. The fraction of sp³-hybridized carbons (Fsp3) is 0.333. The molecule has 0 saturated heterocycles. The fourth-order valence-electron chi connectivity index (χ4n) is 1.96. The molecule has 0 spiro atoms. The van der Waals surface area contributed by atoms with Gasteiger partial charge in [-0.2, -0.15) is 5.10 Å². The Hall–Kier alpha value is -2.14. The van der Waals surface area contributed by atoms with E-state index in [0.29, 0.717) is 17.7 Å². The summed E-state index contributed by atoms with van der Waals surface area (Å²) < 4.78 is 1.70. The Morgan fingerprint density at radius 2 is 2.10 bits per heavy atom. The number of hydrogen-bond donors (Lipinski definition) is 2. The Kier molecular flexibility index (Phi) is 4.53. The average molecular weight is 273 g/mol. The van der Waals surface area contributed by atoms with E-state index < -0.39 is 0 Å². The summed E-state index contributed by atoms with van der Waals surface area (Å²) in [6, 6.07) is 9.59. The molecule has 2 N–H and O–H groups in total. The summed E-state index contributed by atoms with van der Waals surface area (Å²) in [4.78, 5) is 12.1. The summed E-state index contributed by atoms with van der Waals surface area (Å²) in [7, 11) is 0. The Balaban J connectivity index is 2.17. The minimum absolute atomic E-state index is 0.0592. The van der Waals surface area contributed by atoms with Crippen molar-refractivity contribution in [1.82, 2.24) is 15.1 Å². The molecule has 0 bridgehead atoms. The zero-order chi connectivity index (χ0) is 14.5. The zero-order valence-electron chi connectivity index (χ0n) is 11.7. The van der Waals surface area contributed by atoms with Crippen LogP contribution in [0.2, 0.25) is 0 Å². The van der Waals surface area contributed by atoms with Crippen LogP contribution in [-0.2, 0) is 0 Å². The number of rotatable bonds is 5. The largest absolute Gasteiger partial charge is 0.396 e. The van der Waals surface area contributed by atoms with Gasteiger partial charge < -0.3 is 10.4 Å². The van der Waals surface area contributed by atoms with E-state index in [2.05, 4.69) is 10.4 Å². The van der Waals surface area contributed by atoms with Crippen LogP contribution in [0, 0.1) is 6.92 Å². The molecule has 5 heteroatoms. The molecule has 0 aliphatic heterocycles. The normalized spacial score (nSPS) is 12.2. The molecular formula is C15H19N3O2. The second kappa shape index (κ2) is 6.34. The van der Waals surface area contributed by atoms with Crippen molar-refractivity contribution >= 4 is 5.91 Å². The van der Waals surface area contributed by atoms with Crippen LogP contribution >= 0.6 is 0 Å². The number of hydrogen-bond acceptors (Lipinski definition) is 3. The molecule has 1 atom stereocenters. The van der Waals surface area contributed by atoms with Crippen LogP contribution < -0.4 is 5.32 Å². The van der Waals surface area contributed by atoms with Crippen LogP contribution in [-0.4, -0.2) is 33.4 Å². The highest BCUT2D eigenvalue weighted by Crippen LogP contribution is 2.12. The molecule has 20 heavy (non-hydrogen) atoms. The van der Waals surface area contributed by atoms with Crippen molar-refractivity contribution < 1.29 is 9.90 Å². The van der Waals surface area contributed by atoms with E-state index in [1.54, 1.807) is 10.9 Å². The van der Waals surface area contributed by atoms with Crippen LogP contribution in [0.25, 0.3) is 5.69 Å². The number of aliphatic hydroxyl groups is 1. The highest BCUT2D eigenvalue weighted by atomic mass is 16.3. The van der Waals surface area contributed by atoms with Crippen molar-refractivity contribution in [2.45, 2.75) is 26.3 Å². The smallest absolute Gasteiger partial charge is 0.254 e. The van der Waals surface area contributed by atoms with Gasteiger partial charge in [-0.1, -0.05) is 18.2 Å². The monoisotopic (exact) mass is 273 g/mol. The Morgan fingerprint density at radius 1 is 1.40 bits per heavy atom. The van der Waals surface area contributed by atoms with Crippen molar-refractivity contribution in [3.8, 4) is 5.69 Å². The third-order valence-corrected chi connectivity index (χ3v) is 3.10. The van der Waals surface area contributed by atoms with E-state index in [4.69, 9.17) is 5.11 Å². The second-order valence-corrected chi connectivity index (χ2v) is 4.80. The minimum atomic E-state index is -0.161. The first-order chi connectivity index (χ1) is 9.61. The first-order valence-corrected chi connectivity index (χ1v) is 6.65. The quantitative estimate of drug-likeness (QED) is 0.871. The van der Waals surface area contributed by atoms with Crippen LogP contribution in [0.5, 0.6) is 0 Å². The van der Waals surface area contributed by atoms with Gasteiger partial charge in [0.15, 0.2) is 0 Å². The van der Waals surface area contributed by atoms with Crippen molar-refractivity contribution in [2.75, 3.05) is 6.61 Å². The Bertz CT molecular complexity index is 578. The number of carbonyl (C=O) groups is 1. The van der Waals surface area contributed by atoms with Gasteiger partial charge in [0.25, 0.3) is 5.91 Å². The van der Waals surface area contributed by atoms with Crippen molar-refractivity contribution in [1.29, 1.82) is 0 Å². The van der Waals surface area contributed by atoms with Crippen molar-refractivity contribution in [3.05, 3.63) is 47.8 Å². The fourth-order valence-corrected chi connectivity index (χ4v) is 1.96. The maximum Gasteiger partial charge on any atom is 0.254 e. The van der Waals surface area contributed by atoms with Crippen molar-refractivity contribution in [3.63, 3.8) is 0 Å². The van der Waals surface area contributed by atoms with Gasteiger partial charge in [0.2, 0.25) is 0 Å². The van der Waals surface area contributed by atoms with Gasteiger partial charge in [-0.05, 0) is 32.4 Å². The minimum Gasteiger partial charge on any atom is -0.396 e. The average Bonchev–Trinajstić information content (AvgIpc) is 2.82. The van der Waals surface area contributed by atoms with E-state index in [-0.39, 0.29) is 18.6 Å². The lowest BCUT2D eigenvalue weighted by Crippen LogP contribution is -2.33. The first kappa shape index (κ1) is 14.3. The highest BCUT2D eigenvalue weighted by molar-refractivity contribution is 5.95. The molecule has 1 aromatic carbocycles. The summed E-state index contributed by atoms with van der Waals surface area (Å²) in [6.07, 6.45) is 2.27. The SMILES string of the molecule is Cc1nn(-c2ccccc2)cc1C(=O)NC(C)CCO. The van der Waals surface area contributed by atoms with E-state index >= 15 is 0 Å². The molecule has 1 aromatic heterocycles. The van der Waals surface area contributed by atoms with E-state index in [9.17, 15) is 4.79 Å². The van der Waals surface area contributed by atoms with Gasteiger partial charge in [0.05, 0.1) is 16.9 Å². The summed E-state index contributed by atoms with van der Waals surface area (Å²) in [6.45, 7) is 3.74. The molecule has 0 aliphatic carbocycles. The molecule has 106 valence electrons. The van der Waals surface area contributed by atoms with Crippen LogP contribution in [0.3, 0.4) is 0 Å². The van der Waals surface area contributed by atoms with Gasteiger partial charge in [-0.15, -0.1) is 0 Å². The van der Waals surface area contributed by atoms with Crippen LogP contribution in [0.15, 0.2) is 36.5 Å². The number of nitrogens with one attached hydrogen (secondary N) is 1. The molecule has 0 fully saturated rings. The molecule has 0 aliphatic rings. The number of aliphatic hydroxyl groups excluding tert-OH is 1. The van der Waals surface area contributed by atoms with Gasteiger partial charge in [0.1, 0.15) is 0 Å². The molecule has 2 rings (SSSR count). The van der Waals surface area contributed by atoms with E-state index in [0.717, 1.165) is 5.69 Å². The second-order valence-electron chi connectivity index (χ2n) is 4.80. The number of nitrogens with zero attached hydrogens (tertiary/aromatic N) is 2. The molecule has 1 unspecified atom stereocenters. The third kappa shape index (κ3) is 3.24. The molecule has 0 radical (unpaired) electrons. The number of para-hydroxylation sites is 1. The number of benzene rings is 1. The highest BCUT2D eigenvalue weighted by Gasteiger charge is 2.15. The summed E-state index contributed by atoms with van der Waals surface area (Å²) in [5.74, 6) is -0.161. The predicted molar refractivity (Wildman–Crippen MR) is 76.9 cm³/mol. The molecule has 5 nitrogen and oxygen atoms in total. The maximum absolute atomic E-state index is 12.1. The first-order valence-electron chi connectivity index (χ1n) is 6.65. The van der Waals surface area contributed by atoms with Crippen molar-refractivity contribution in [2.24, 2.45) is 0 Å². The molecular weight excluding hydrogens is 254 g/mol. The third-order valence-electron chi connectivity index (χ3n) is 3.10. The Labute approximate surface area is 118 Å². The number of aromatic nitrogens is 2. The lowest BCUT2D eigenvalue weighted by Gasteiger charge is -2.11. The summed E-state index contributed by atoms with van der Waals surface area (Å²) >= 11 is 0. The summed E-state index contributed by atoms with van der Waals surface area (Å²) in [5.41, 5.74) is 2.15. The lowest BCUT2D eigenvalue weighted by molar-refractivity contribution is 0.0934. The number of amides is 1. The van der Waals surface area contributed by atoms with E-state index in [1.807, 2.05) is 44.2 Å². The number of aryl methyl sites for hydroxylation is 1.